The van der Waals surface area contributed by atoms with Crippen molar-refractivity contribution in [1.82, 2.24) is 0 Å². The molecular weight excluding hydrogens is 790 g/mol. The second-order valence-electron chi connectivity index (χ2n) is 10.1. The Kier molecular flexibility index (Phi) is 15.8. The Labute approximate surface area is 367 Å². The van der Waals surface area contributed by atoms with Crippen LogP contribution in [0.1, 0.15) is 0 Å². The third kappa shape index (κ3) is 11.1. The van der Waals surface area contributed by atoms with Crippen LogP contribution in [0.25, 0.3) is 10.8 Å². The molecule has 5 rings (SSSR count). The van der Waals surface area contributed by atoms with Crippen molar-refractivity contribution < 1.29 is 49.1 Å². The monoisotopic (exact) mass is 811 g/mol. The van der Waals surface area contributed by atoms with Crippen LogP contribution >= 0.6 is 0 Å². The van der Waals surface area contributed by atoms with Gasteiger partial charge in [0, 0.05) is 100 Å². The molecule has 0 saturated heterocycles. The molecule has 0 bridgehead atoms. The number of benzene rings is 5. The van der Waals surface area contributed by atoms with Gasteiger partial charge in [-0.1, -0.05) is 0 Å². The topological polar surface area (TPSA) is 330 Å². The van der Waals surface area contributed by atoms with Gasteiger partial charge >= 0.3 is 0 Å². The van der Waals surface area contributed by atoms with Gasteiger partial charge in [0.25, 0.3) is 30.4 Å². The van der Waals surface area contributed by atoms with Gasteiger partial charge in [0.1, 0.15) is 32.6 Å². The minimum absolute atomic E-state index is 0. The Morgan fingerprint density at radius 3 is 1.40 bits per heavy atom. The van der Waals surface area contributed by atoms with Crippen LogP contribution in [0.15, 0.2) is 124 Å². The molecule has 0 fully saturated rings. The smallest absolute Gasteiger partial charge is 0.296 e. The molecule has 5 aromatic rings. The molecule has 0 aliphatic heterocycles. The van der Waals surface area contributed by atoms with Gasteiger partial charge in [-0.2, -0.15) is 40.6 Å². The van der Waals surface area contributed by atoms with Crippen molar-refractivity contribution in [3.8, 4) is 11.5 Å². The van der Waals surface area contributed by atoms with Crippen molar-refractivity contribution in [2.75, 3.05) is 11.5 Å². The number of hydrogen-bond donors (Lipinski definition) is 7. The maximum Gasteiger partial charge on any atom is 0.296 e. The van der Waals surface area contributed by atoms with Crippen LogP contribution in [0.2, 0.25) is 0 Å². The van der Waals surface area contributed by atoms with Gasteiger partial charge in [-0.15, -0.1) is 15.3 Å². The number of nitrogens with zero attached hydrogens (tertiary/aromatic N) is 6. The number of azo groups is 3. The molecule has 0 aliphatic carbocycles. The van der Waals surface area contributed by atoms with Crippen molar-refractivity contribution in [3.63, 3.8) is 0 Å². The number of nitrogen functional groups attached to an aromatic ring is 2. The quantitative estimate of drug-likeness (QED) is 0.0433. The zero-order valence-electron chi connectivity index (χ0n) is 27.8. The Bertz CT molecular complexity index is 2610. The zero-order valence-corrected chi connectivity index (χ0v) is 36.2. The minimum Gasteiger partial charge on any atom is -0.506 e. The van der Waals surface area contributed by atoms with Crippen molar-refractivity contribution in [2.45, 2.75) is 14.7 Å². The molecule has 0 saturated carbocycles. The Morgan fingerprint density at radius 1 is 0.509 bits per heavy atom. The third-order valence-electron chi connectivity index (χ3n) is 6.66. The molecule has 0 aromatic heterocycles. The summed E-state index contributed by atoms with van der Waals surface area (Å²) in [5, 5.41) is 43.4. The van der Waals surface area contributed by atoms with E-state index in [1.807, 2.05) is 0 Å². The molecule has 19 nitrogen and oxygen atoms in total. The predicted molar refractivity (Wildman–Crippen MR) is 195 cm³/mol. The van der Waals surface area contributed by atoms with E-state index in [9.17, 15) is 44.6 Å². The molecule has 0 spiro atoms. The molecule has 53 heavy (non-hydrogen) atoms. The number of fused-ring (bicyclic) bond motifs is 1. The summed E-state index contributed by atoms with van der Waals surface area (Å²) >= 11 is 0. The molecule has 0 aliphatic rings. The van der Waals surface area contributed by atoms with E-state index >= 15 is 0 Å². The summed E-state index contributed by atoms with van der Waals surface area (Å²) < 4.78 is 101. The van der Waals surface area contributed by atoms with Gasteiger partial charge < -0.3 is 21.7 Å². The Morgan fingerprint density at radius 2 is 0.943 bits per heavy atom. The average Bonchev–Trinajstić information content (AvgIpc) is 3.02. The molecule has 0 heterocycles. The number of aromatic hydroxyl groups is 2. The fraction of sp³-hybridized carbons (Fsp3) is 0. The Hall–Kier alpha value is -2.91. The summed E-state index contributed by atoms with van der Waals surface area (Å²) in [5.41, 5.74) is 10.5. The van der Waals surface area contributed by atoms with E-state index in [1.54, 1.807) is 0 Å². The van der Waals surface area contributed by atoms with Crippen LogP contribution < -0.4 is 11.5 Å². The largest absolute Gasteiger partial charge is 0.506 e. The average molecular weight is 812 g/mol. The van der Waals surface area contributed by atoms with Crippen molar-refractivity contribution in [2.24, 2.45) is 30.7 Å². The second-order valence-corrected chi connectivity index (χ2v) is 14.3. The maximum absolute atomic E-state index is 12.3. The number of phenols is 2. The zero-order chi connectivity index (χ0) is 36.6. The molecular formula is C28H22N8Na3O11S3. The van der Waals surface area contributed by atoms with Gasteiger partial charge in [-0.25, -0.2) is 0 Å². The van der Waals surface area contributed by atoms with E-state index in [0.717, 1.165) is 30.3 Å². The maximum atomic E-state index is 12.3. The third-order valence-corrected chi connectivity index (χ3v) is 9.26. The van der Waals surface area contributed by atoms with Crippen molar-refractivity contribution in [1.29, 1.82) is 0 Å². The van der Waals surface area contributed by atoms with Gasteiger partial charge in [-0.05, 0) is 78.2 Å². The molecule has 9 N–H and O–H groups in total. The molecule has 5 aromatic carbocycles. The summed E-state index contributed by atoms with van der Waals surface area (Å²) in [7, 11) is -14.8. The van der Waals surface area contributed by atoms with Gasteiger partial charge in [0.15, 0.2) is 5.75 Å². The molecule has 25 heteroatoms. The van der Waals surface area contributed by atoms with E-state index in [2.05, 4.69) is 30.7 Å². The standard InChI is InChI=1S/C28H22N8O11S3.3Na/c29-15-1-10-20(21(37)13-15)34-31-16-2-4-17(5-3-16)32-35-26-22(49(42,43)44)11-14-12-23(50(45,46)47)27(28(38)24(14)25(26)30)36-33-18-6-8-19(9-7-18)48(39,40)41;;;/h1-13,37-38H,29-30H2,(H,39,40,41)(H,42,43,44)(H,45,46,47);;;. The number of rotatable bonds is 9. The van der Waals surface area contributed by atoms with Crippen LogP contribution in [0.4, 0.5) is 45.5 Å². The summed E-state index contributed by atoms with van der Waals surface area (Å²) in [6, 6.07) is 15.5. The minimum atomic E-state index is -5.18. The fourth-order valence-electron chi connectivity index (χ4n) is 4.33. The van der Waals surface area contributed by atoms with Crippen molar-refractivity contribution >= 4 is 175 Å². The number of nitrogens with two attached hydrogens (primary N) is 2. The van der Waals surface area contributed by atoms with Gasteiger partial charge in [-0.3, -0.25) is 13.7 Å². The first-order chi connectivity index (χ1) is 23.3. The summed E-state index contributed by atoms with van der Waals surface area (Å²) in [5.74, 6) is -1.20. The van der Waals surface area contributed by atoms with Crippen LogP contribution in [0.5, 0.6) is 11.5 Å². The van der Waals surface area contributed by atoms with Crippen LogP contribution in [-0.2, 0) is 30.4 Å². The van der Waals surface area contributed by atoms with Gasteiger partial charge in [0.05, 0.1) is 33.0 Å². The SMILES string of the molecule is Nc1ccc(N=Nc2ccc(N=Nc3c(S(=O)(=O)O)cc4cc(S(=O)(=O)O)c(N=Nc5ccc(S(=O)(=O)O)cc5)c(O)c4c3N)cc2)c(O)c1.[Na].[Na].[Na]. The molecule has 0 amide bonds. The first-order valence-electron chi connectivity index (χ1n) is 13.4. The van der Waals surface area contributed by atoms with Crippen molar-refractivity contribution in [3.05, 3.63) is 78.9 Å². The van der Waals surface area contributed by atoms with E-state index < -0.39 is 78.6 Å². The first-order valence-corrected chi connectivity index (χ1v) is 17.7. The molecule has 0 unspecified atom stereocenters. The van der Waals surface area contributed by atoms with E-state index in [1.165, 1.54) is 42.5 Å². The van der Waals surface area contributed by atoms with E-state index in [0.29, 0.717) is 17.4 Å². The molecule has 0 atom stereocenters. The molecule has 261 valence electrons. The first kappa shape index (κ1) is 46.2. The summed E-state index contributed by atoms with van der Waals surface area (Å²) in [6.07, 6.45) is 0. The number of hydrogen-bond acceptors (Lipinski definition) is 16. The number of anilines is 2. The normalized spacial score (nSPS) is 12.1. The summed E-state index contributed by atoms with van der Waals surface area (Å²) in [4.78, 5) is -2.46. The van der Waals surface area contributed by atoms with E-state index in [4.69, 9.17) is 16.0 Å². The van der Waals surface area contributed by atoms with Crippen LogP contribution in [0, 0.1) is 0 Å². The van der Waals surface area contributed by atoms with Crippen LogP contribution in [-0.4, -0.2) is 138 Å². The Balaban J connectivity index is 0.00000324. The summed E-state index contributed by atoms with van der Waals surface area (Å²) in [6.45, 7) is 0. The van der Waals surface area contributed by atoms with E-state index in [-0.39, 0.29) is 111 Å². The second kappa shape index (κ2) is 18.1. The fourth-order valence-corrected chi connectivity index (χ4v) is 6.14. The number of phenolic OH excluding ortho intramolecular Hbond substituents is 2. The predicted octanol–water partition coefficient (Wildman–Crippen LogP) is 5.26. The van der Waals surface area contributed by atoms with Gasteiger partial charge in [0.2, 0.25) is 0 Å². The van der Waals surface area contributed by atoms with Crippen LogP contribution in [0.3, 0.4) is 0 Å². The molecule has 3 radical (unpaired) electrons.